The van der Waals surface area contributed by atoms with E-state index in [1.165, 1.54) is 4.68 Å². The molecule has 1 aromatic carbocycles. The molecule has 3 rings (SSSR count). The average Bonchev–Trinajstić information content (AvgIpc) is 2.61. The van der Waals surface area contributed by atoms with Crippen LogP contribution >= 0.6 is 12.4 Å². The van der Waals surface area contributed by atoms with E-state index in [2.05, 4.69) is 10.1 Å². The van der Waals surface area contributed by atoms with Crippen molar-refractivity contribution in [3.8, 4) is 17.0 Å². The molecule has 0 saturated carbocycles. The highest BCUT2D eigenvalue weighted by molar-refractivity contribution is 5.94. The van der Waals surface area contributed by atoms with E-state index in [4.69, 9.17) is 4.74 Å². The maximum atomic E-state index is 12.8. The van der Waals surface area contributed by atoms with Gasteiger partial charge in [0.15, 0.2) is 0 Å². The summed E-state index contributed by atoms with van der Waals surface area (Å²) < 4.78 is 6.84. The van der Waals surface area contributed by atoms with Gasteiger partial charge in [0.1, 0.15) is 5.75 Å². The average molecular weight is 361 g/mol. The van der Waals surface area contributed by atoms with Crippen LogP contribution in [-0.4, -0.2) is 47.4 Å². The highest BCUT2D eigenvalue weighted by Gasteiger charge is 2.13. The first-order chi connectivity index (χ1) is 11.6. The number of aromatic nitrogens is 3. The van der Waals surface area contributed by atoms with Crippen LogP contribution in [0, 0.1) is 0 Å². The molecule has 2 aromatic heterocycles. The van der Waals surface area contributed by atoms with Crippen LogP contribution < -0.4 is 10.3 Å². The summed E-state index contributed by atoms with van der Waals surface area (Å²) in [6.07, 6.45) is 3.44. The molecule has 6 nitrogen and oxygen atoms in total. The van der Waals surface area contributed by atoms with Crippen molar-refractivity contribution in [2.75, 3.05) is 27.7 Å². The Bertz CT molecular complexity index is 910. The maximum absolute atomic E-state index is 12.8. The number of ether oxygens (including phenoxy) is 1. The Hall–Kier alpha value is -2.44. The number of hydrogen-bond acceptors (Lipinski definition) is 5. The Morgan fingerprint density at radius 1 is 1.12 bits per heavy atom. The van der Waals surface area contributed by atoms with Gasteiger partial charge in [-0.05, 0) is 44.4 Å². The number of fused-ring (bicyclic) bond motifs is 1. The normalized spacial score (nSPS) is 10.7. The molecule has 0 spiro atoms. The van der Waals surface area contributed by atoms with Gasteiger partial charge in [0, 0.05) is 29.9 Å². The van der Waals surface area contributed by atoms with Crippen molar-refractivity contribution in [1.82, 2.24) is 19.7 Å². The van der Waals surface area contributed by atoms with Crippen LogP contribution in [0.4, 0.5) is 0 Å². The predicted molar refractivity (Wildman–Crippen MR) is 102 cm³/mol. The minimum Gasteiger partial charge on any atom is -0.497 e. The lowest BCUT2D eigenvalue weighted by Crippen LogP contribution is -2.29. The molecule has 132 valence electrons. The van der Waals surface area contributed by atoms with Crippen LogP contribution in [0.5, 0.6) is 5.75 Å². The molecule has 0 aliphatic carbocycles. The van der Waals surface area contributed by atoms with Crippen LogP contribution in [0.25, 0.3) is 22.0 Å². The topological polar surface area (TPSA) is 60.2 Å². The molecule has 3 aromatic rings. The third-order valence-electron chi connectivity index (χ3n) is 3.88. The van der Waals surface area contributed by atoms with Gasteiger partial charge in [-0.25, -0.2) is 4.68 Å². The second-order valence-electron chi connectivity index (χ2n) is 5.83. The summed E-state index contributed by atoms with van der Waals surface area (Å²) in [4.78, 5) is 18.8. The summed E-state index contributed by atoms with van der Waals surface area (Å²) in [6.45, 7) is 1.27. The summed E-state index contributed by atoms with van der Waals surface area (Å²) in [5.74, 6) is 0.699. The standard InChI is InChI=1S/C18H20N4O2.ClH/c1-21(2)10-11-22-18(23)15-5-4-14(24-3)12-16(15)17(20-22)13-6-8-19-9-7-13;/h4-9,12H,10-11H2,1-3H3;1H. The number of nitrogens with zero attached hydrogens (tertiary/aromatic N) is 4. The minimum atomic E-state index is -0.0905. The van der Waals surface area contributed by atoms with Crippen molar-refractivity contribution in [3.63, 3.8) is 0 Å². The zero-order valence-corrected chi connectivity index (χ0v) is 15.3. The molecule has 0 saturated heterocycles. The van der Waals surface area contributed by atoms with E-state index in [9.17, 15) is 4.79 Å². The first-order valence-electron chi connectivity index (χ1n) is 7.74. The number of methoxy groups -OCH3 is 1. The van der Waals surface area contributed by atoms with Crippen LogP contribution in [-0.2, 0) is 6.54 Å². The Labute approximate surface area is 152 Å². The molecule has 0 amide bonds. The molecule has 25 heavy (non-hydrogen) atoms. The fraction of sp³-hybridized carbons (Fsp3) is 0.278. The number of hydrogen-bond donors (Lipinski definition) is 0. The smallest absolute Gasteiger partial charge is 0.274 e. The highest BCUT2D eigenvalue weighted by atomic mass is 35.5. The van der Waals surface area contributed by atoms with Gasteiger partial charge in [-0.1, -0.05) is 0 Å². The molecule has 0 fully saturated rings. The van der Waals surface area contributed by atoms with E-state index in [1.54, 1.807) is 31.6 Å². The number of pyridine rings is 1. The van der Waals surface area contributed by atoms with Crippen molar-refractivity contribution >= 4 is 23.2 Å². The SMILES string of the molecule is COc1ccc2c(=O)n(CCN(C)C)nc(-c3ccncc3)c2c1.Cl. The lowest BCUT2D eigenvalue weighted by atomic mass is 10.1. The van der Waals surface area contributed by atoms with E-state index in [0.717, 1.165) is 23.2 Å². The fourth-order valence-electron chi connectivity index (χ4n) is 2.56. The van der Waals surface area contributed by atoms with Gasteiger partial charge in [-0.3, -0.25) is 9.78 Å². The summed E-state index contributed by atoms with van der Waals surface area (Å²) >= 11 is 0. The molecule has 0 aliphatic rings. The van der Waals surface area contributed by atoms with Gasteiger partial charge in [-0.15, -0.1) is 12.4 Å². The van der Waals surface area contributed by atoms with Crippen molar-refractivity contribution in [3.05, 3.63) is 53.1 Å². The lowest BCUT2D eigenvalue weighted by molar-refractivity contribution is 0.369. The predicted octanol–water partition coefficient (Wildman–Crippen LogP) is 2.45. The van der Waals surface area contributed by atoms with Crippen LogP contribution in [0.3, 0.4) is 0 Å². The monoisotopic (exact) mass is 360 g/mol. The van der Waals surface area contributed by atoms with Gasteiger partial charge in [0.05, 0.1) is 24.7 Å². The minimum absolute atomic E-state index is 0. The van der Waals surface area contributed by atoms with Gasteiger partial charge in [0.25, 0.3) is 5.56 Å². The molecular formula is C18H21ClN4O2. The lowest BCUT2D eigenvalue weighted by Gasteiger charge is -2.14. The van der Waals surface area contributed by atoms with E-state index in [0.29, 0.717) is 17.7 Å². The number of rotatable bonds is 5. The Balaban J connectivity index is 0.00000225. The molecule has 0 unspecified atom stereocenters. The van der Waals surface area contributed by atoms with Crippen molar-refractivity contribution in [1.29, 1.82) is 0 Å². The van der Waals surface area contributed by atoms with Crippen molar-refractivity contribution in [2.24, 2.45) is 0 Å². The molecule has 0 bridgehead atoms. The molecule has 0 N–H and O–H groups in total. The Morgan fingerprint density at radius 3 is 2.48 bits per heavy atom. The van der Waals surface area contributed by atoms with E-state index in [-0.39, 0.29) is 18.0 Å². The zero-order chi connectivity index (χ0) is 17.1. The Kier molecular flexibility index (Phi) is 6.12. The molecular weight excluding hydrogens is 340 g/mol. The molecule has 2 heterocycles. The van der Waals surface area contributed by atoms with E-state index >= 15 is 0 Å². The maximum Gasteiger partial charge on any atom is 0.274 e. The quantitative estimate of drug-likeness (QED) is 0.699. The van der Waals surface area contributed by atoms with Gasteiger partial charge >= 0.3 is 0 Å². The van der Waals surface area contributed by atoms with Gasteiger partial charge in [-0.2, -0.15) is 5.10 Å². The molecule has 0 aliphatic heterocycles. The summed E-state index contributed by atoms with van der Waals surface area (Å²) in [5, 5.41) is 6.03. The van der Waals surface area contributed by atoms with Crippen LogP contribution in [0.2, 0.25) is 0 Å². The van der Waals surface area contributed by atoms with Crippen LogP contribution in [0.1, 0.15) is 0 Å². The first-order valence-corrected chi connectivity index (χ1v) is 7.74. The van der Waals surface area contributed by atoms with Crippen LogP contribution in [0.15, 0.2) is 47.5 Å². The Morgan fingerprint density at radius 2 is 1.84 bits per heavy atom. The van der Waals surface area contributed by atoms with E-state index in [1.807, 2.05) is 37.2 Å². The largest absolute Gasteiger partial charge is 0.497 e. The number of halogens is 1. The van der Waals surface area contributed by atoms with Crippen molar-refractivity contribution in [2.45, 2.75) is 6.54 Å². The summed E-state index contributed by atoms with van der Waals surface area (Å²) in [7, 11) is 5.56. The second-order valence-corrected chi connectivity index (χ2v) is 5.83. The van der Waals surface area contributed by atoms with Gasteiger partial charge in [0.2, 0.25) is 0 Å². The highest BCUT2D eigenvalue weighted by Crippen LogP contribution is 2.27. The number of likely N-dealkylation sites (N-methyl/N-ethyl adjacent to an activating group) is 1. The summed E-state index contributed by atoms with van der Waals surface area (Å²) in [6, 6.07) is 9.24. The number of benzene rings is 1. The van der Waals surface area contributed by atoms with E-state index < -0.39 is 0 Å². The zero-order valence-electron chi connectivity index (χ0n) is 14.5. The third-order valence-corrected chi connectivity index (χ3v) is 3.88. The molecule has 0 radical (unpaired) electrons. The fourth-order valence-corrected chi connectivity index (χ4v) is 2.56. The summed E-state index contributed by atoms with van der Waals surface area (Å²) in [5.41, 5.74) is 1.58. The second kappa shape index (κ2) is 8.09. The van der Waals surface area contributed by atoms with Crippen molar-refractivity contribution < 1.29 is 4.74 Å². The third kappa shape index (κ3) is 3.97. The van der Waals surface area contributed by atoms with Gasteiger partial charge < -0.3 is 9.64 Å². The first kappa shape index (κ1) is 18.9. The molecule has 0 atom stereocenters. The molecule has 7 heteroatoms.